The highest BCUT2D eigenvalue weighted by Crippen LogP contribution is 2.18. The average molecular weight is 329 g/mol. The lowest BCUT2D eigenvalue weighted by molar-refractivity contribution is -0.385. The van der Waals surface area contributed by atoms with Gasteiger partial charge in [-0.25, -0.2) is 0 Å². The van der Waals surface area contributed by atoms with Crippen LogP contribution in [0.15, 0.2) is 42.5 Å². The van der Waals surface area contributed by atoms with Crippen LogP contribution in [0.3, 0.4) is 0 Å². The molecule has 1 aromatic carbocycles. The molecule has 130 valence electrons. The molecule has 0 aliphatic carbocycles. The Morgan fingerprint density at radius 2 is 1.83 bits per heavy atom. The molecule has 1 saturated heterocycles. The van der Waals surface area contributed by atoms with Gasteiger partial charge in [0.05, 0.1) is 10.5 Å². The molecule has 0 aromatic heterocycles. The number of hydrogen-bond donors (Lipinski definition) is 0. The lowest BCUT2D eigenvalue weighted by Gasteiger charge is -2.34. The third kappa shape index (κ3) is 5.91. The van der Waals surface area contributed by atoms with Crippen molar-refractivity contribution < 1.29 is 4.92 Å². The summed E-state index contributed by atoms with van der Waals surface area (Å²) in [6, 6.07) is 6.79. The topological polar surface area (TPSA) is 49.6 Å². The van der Waals surface area contributed by atoms with Crippen LogP contribution in [0.5, 0.6) is 0 Å². The molecule has 1 heterocycles. The molecule has 0 saturated carbocycles. The number of unbranched alkanes of at least 4 members (excludes halogenated alkanes) is 1. The van der Waals surface area contributed by atoms with Crippen molar-refractivity contribution in [3.05, 3.63) is 58.2 Å². The van der Waals surface area contributed by atoms with Crippen LogP contribution in [-0.2, 0) is 0 Å². The van der Waals surface area contributed by atoms with Crippen molar-refractivity contribution in [1.29, 1.82) is 0 Å². The van der Waals surface area contributed by atoms with Crippen LogP contribution in [0.25, 0.3) is 6.08 Å². The van der Waals surface area contributed by atoms with Gasteiger partial charge in [-0.05, 0) is 25.1 Å². The number of nitro groups is 1. The van der Waals surface area contributed by atoms with Crippen LogP contribution in [0.2, 0.25) is 0 Å². The molecule has 5 nitrogen and oxygen atoms in total. The zero-order valence-electron chi connectivity index (χ0n) is 14.4. The summed E-state index contributed by atoms with van der Waals surface area (Å²) in [6.07, 6.45) is 10.3. The third-order valence-corrected chi connectivity index (χ3v) is 4.31. The van der Waals surface area contributed by atoms with Crippen molar-refractivity contribution in [3.8, 4) is 0 Å². The smallest absolute Gasteiger partial charge is 0.276 e. The van der Waals surface area contributed by atoms with Crippen molar-refractivity contribution >= 4 is 11.8 Å². The number of nitrogens with zero attached hydrogens (tertiary/aromatic N) is 3. The maximum atomic E-state index is 11.0. The summed E-state index contributed by atoms with van der Waals surface area (Å²) >= 11 is 0. The van der Waals surface area contributed by atoms with E-state index in [1.54, 1.807) is 18.2 Å². The Labute approximate surface area is 144 Å². The summed E-state index contributed by atoms with van der Waals surface area (Å²) in [5, 5.41) is 11.0. The highest BCUT2D eigenvalue weighted by atomic mass is 16.6. The molecular formula is C19H27N3O2. The van der Waals surface area contributed by atoms with Gasteiger partial charge in [-0.1, -0.05) is 43.7 Å². The summed E-state index contributed by atoms with van der Waals surface area (Å²) in [4.78, 5) is 15.6. The van der Waals surface area contributed by atoms with E-state index >= 15 is 0 Å². The first-order chi connectivity index (χ1) is 11.7. The van der Waals surface area contributed by atoms with Gasteiger partial charge < -0.3 is 4.90 Å². The first kappa shape index (κ1) is 18.4. The molecule has 0 unspecified atom stereocenters. The molecule has 24 heavy (non-hydrogen) atoms. The first-order valence-corrected chi connectivity index (χ1v) is 8.72. The average Bonchev–Trinajstić information content (AvgIpc) is 2.61. The second-order valence-electron chi connectivity index (χ2n) is 6.10. The van der Waals surface area contributed by atoms with E-state index in [4.69, 9.17) is 0 Å². The van der Waals surface area contributed by atoms with Crippen LogP contribution < -0.4 is 0 Å². The Morgan fingerprint density at radius 3 is 2.54 bits per heavy atom. The summed E-state index contributed by atoms with van der Waals surface area (Å²) in [7, 11) is 0. The van der Waals surface area contributed by atoms with Crippen molar-refractivity contribution in [1.82, 2.24) is 9.80 Å². The Bertz CT molecular complexity index is 576. The SMILES string of the molecule is CCCCN1CCN(CC=CC=Cc2ccccc2[N+](=O)[O-])CC1. The van der Waals surface area contributed by atoms with E-state index in [0.717, 1.165) is 32.7 Å². The first-order valence-electron chi connectivity index (χ1n) is 8.72. The molecule has 0 spiro atoms. The summed E-state index contributed by atoms with van der Waals surface area (Å²) in [5.41, 5.74) is 0.780. The molecule has 1 aromatic rings. The zero-order valence-corrected chi connectivity index (χ0v) is 14.4. The van der Waals surface area contributed by atoms with Crippen LogP contribution >= 0.6 is 0 Å². The quantitative estimate of drug-likeness (QED) is 0.415. The van der Waals surface area contributed by atoms with E-state index in [-0.39, 0.29) is 10.6 Å². The number of hydrogen-bond acceptors (Lipinski definition) is 4. The Morgan fingerprint density at radius 1 is 1.12 bits per heavy atom. The second-order valence-corrected chi connectivity index (χ2v) is 6.10. The van der Waals surface area contributed by atoms with Crippen molar-refractivity contribution in [2.75, 3.05) is 39.3 Å². The highest BCUT2D eigenvalue weighted by Gasteiger charge is 2.14. The van der Waals surface area contributed by atoms with E-state index < -0.39 is 0 Å². The maximum absolute atomic E-state index is 11.0. The number of benzene rings is 1. The lowest BCUT2D eigenvalue weighted by atomic mass is 10.1. The molecule has 1 aliphatic rings. The minimum atomic E-state index is -0.346. The van der Waals surface area contributed by atoms with E-state index in [9.17, 15) is 10.1 Å². The van der Waals surface area contributed by atoms with Crippen molar-refractivity contribution in [2.45, 2.75) is 19.8 Å². The standard InChI is InChI=1S/C19H27N3O2/c1-2-3-12-20-14-16-21(17-15-20)13-8-4-5-9-18-10-6-7-11-19(18)22(23)24/h4-11H,2-3,12-17H2,1H3. The molecule has 1 aliphatic heterocycles. The van der Waals surface area contributed by atoms with Crippen LogP contribution in [0.4, 0.5) is 5.69 Å². The van der Waals surface area contributed by atoms with Crippen molar-refractivity contribution in [2.24, 2.45) is 0 Å². The molecule has 0 N–H and O–H groups in total. The van der Waals surface area contributed by atoms with E-state index in [1.165, 1.54) is 25.5 Å². The fourth-order valence-corrected chi connectivity index (χ4v) is 2.82. The zero-order chi connectivity index (χ0) is 17.2. The van der Waals surface area contributed by atoms with Crippen molar-refractivity contribution in [3.63, 3.8) is 0 Å². The van der Waals surface area contributed by atoms with Gasteiger partial charge >= 0.3 is 0 Å². The molecule has 0 atom stereocenters. The fourth-order valence-electron chi connectivity index (χ4n) is 2.82. The minimum Gasteiger partial charge on any atom is -0.301 e. The predicted octanol–water partition coefficient (Wildman–Crippen LogP) is 3.58. The normalized spacial score (nSPS) is 17.0. The molecular weight excluding hydrogens is 302 g/mol. The van der Waals surface area contributed by atoms with Gasteiger partial charge in [0, 0.05) is 38.8 Å². The number of piperazine rings is 1. The van der Waals surface area contributed by atoms with Crippen LogP contribution in [0, 0.1) is 10.1 Å². The van der Waals surface area contributed by atoms with Crippen LogP contribution in [-0.4, -0.2) is 54.0 Å². The third-order valence-electron chi connectivity index (χ3n) is 4.31. The molecule has 5 heteroatoms. The molecule has 1 fully saturated rings. The number of para-hydroxylation sites is 1. The molecule has 0 radical (unpaired) electrons. The second kappa shape index (κ2) is 10.0. The van der Waals surface area contributed by atoms with E-state index in [1.807, 2.05) is 18.2 Å². The summed E-state index contributed by atoms with van der Waals surface area (Å²) in [5.74, 6) is 0. The number of nitro benzene ring substituents is 1. The van der Waals surface area contributed by atoms with E-state index in [2.05, 4.69) is 22.8 Å². The molecule has 0 amide bonds. The molecule has 2 rings (SSSR count). The highest BCUT2D eigenvalue weighted by molar-refractivity contribution is 5.61. The predicted molar refractivity (Wildman–Crippen MR) is 99.1 cm³/mol. The molecule has 0 bridgehead atoms. The van der Waals surface area contributed by atoms with Gasteiger partial charge in [-0.15, -0.1) is 0 Å². The summed E-state index contributed by atoms with van der Waals surface area (Å²) in [6.45, 7) is 8.92. The minimum absolute atomic E-state index is 0.144. The van der Waals surface area contributed by atoms with Gasteiger partial charge in [-0.2, -0.15) is 0 Å². The summed E-state index contributed by atoms with van der Waals surface area (Å²) < 4.78 is 0. The Kier molecular flexibility index (Phi) is 7.65. The monoisotopic (exact) mass is 329 g/mol. The van der Waals surface area contributed by atoms with Gasteiger partial charge in [0.2, 0.25) is 0 Å². The largest absolute Gasteiger partial charge is 0.301 e. The maximum Gasteiger partial charge on any atom is 0.276 e. The van der Waals surface area contributed by atoms with Gasteiger partial charge in [-0.3, -0.25) is 15.0 Å². The fraction of sp³-hybridized carbons (Fsp3) is 0.474. The van der Waals surface area contributed by atoms with E-state index in [0.29, 0.717) is 5.56 Å². The van der Waals surface area contributed by atoms with Gasteiger partial charge in [0.1, 0.15) is 0 Å². The lowest BCUT2D eigenvalue weighted by Crippen LogP contribution is -2.46. The van der Waals surface area contributed by atoms with Gasteiger partial charge in [0.25, 0.3) is 5.69 Å². The number of rotatable bonds is 8. The van der Waals surface area contributed by atoms with Gasteiger partial charge in [0.15, 0.2) is 0 Å². The number of allylic oxidation sites excluding steroid dienone is 2. The van der Waals surface area contributed by atoms with Crippen LogP contribution in [0.1, 0.15) is 25.3 Å². The Balaban J connectivity index is 1.75. The Hall–Kier alpha value is -1.98.